The molecular formula is C23H25F2N7O2. The van der Waals surface area contributed by atoms with Gasteiger partial charge in [0, 0.05) is 38.3 Å². The van der Waals surface area contributed by atoms with E-state index in [1.54, 1.807) is 35.4 Å². The molecule has 2 fully saturated rings. The van der Waals surface area contributed by atoms with Gasteiger partial charge in [-0.3, -0.25) is 9.69 Å². The van der Waals surface area contributed by atoms with Crippen molar-refractivity contribution in [2.75, 3.05) is 37.6 Å². The second kappa shape index (κ2) is 9.34. The highest BCUT2D eigenvalue weighted by Crippen LogP contribution is 2.23. The Labute approximate surface area is 195 Å². The van der Waals surface area contributed by atoms with Gasteiger partial charge < -0.3 is 15.0 Å². The highest BCUT2D eigenvalue weighted by atomic mass is 19.3. The smallest absolute Gasteiger partial charge is 0.263 e. The van der Waals surface area contributed by atoms with Crippen LogP contribution in [0.5, 0.6) is 5.88 Å². The number of carbonyl (C=O) groups excluding carboxylic acids is 1. The summed E-state index contributed by atoms with van der Waals surface area (Å²) in [5.74, 6) is 1.11. The lowest BCUT2D eigenvalue weighted by molar-refractivity contribution is -0.129. The van der Waals surface area contributed by atoms with Crippen LogP contribution >= 0.6 is 0 Å². The molecule has 34 heavy (non-hydrogen) atoms. The van der Waals surface area contributed by atoms with Crippen LogP contribution in [0.15, 0.2) is 42.9 Å². The molecule has 0 saturated carbocycles. The van der Waals surface area contributed by atoms with Crippen LogP contribution in [0.3, 0.4) is 0 Å². The SMILES string of the molecule is Cc1cnn(-c2ccc(C(F)F)cc2)c1COc1cnc(N2CCN3CCNC(=O)[C@@H]3C2)cn1. The number of hydrogen-bond acceptors (Lipinski definition) is 7. The van der Waals surface area contributed by atoms with Gasteiger partial charge in [0.05, 0.1) is 30.0 Å². The summed E-state index contributed by atoms with van der Waals surface area (Å²) >= 11 is 0. The van der Waals surface area contributed by atoms with Gasteiger partial charge in [-0.1, -0.05) is 12.1 Å². The normalized spacial score (nSPS) is 18.6. The minimum Gasteiger partial charge on any atom is -0.470 e. The van der Waals surface area contributed by atoms with Crippen LogP contribution in [0.25, 0.3) is 5.69 Å². The lowest BCUT2D eigenvalue weighted by atomic mass is 10.1. The van der Waals surface area contributed by atoms with Crippen LogP contribution in [-0.2, 0) is 11.4 Å². The number of ether oxygens (including phenoxy) is 1. The molecule has 2 saturated heterocycles. The van der Waals surface area contributed by atoms with Gasteiger partial charge in [0.25, 0.3) is 6.43 Å². The molecule has 0 bridgehead atoms. The minimum absolute atomic E-state index is 0.0358. The first kappa shape index (κ1) is 22.2. The Morgan fingerprint density at radius 2 is 1.94 bits per heavy atom. The molecule has 0 aliphatic carbocycles. The summed E-state index contributed by atoms with van der Waals surface area (Å²) in [6.07, 6.45) is 2.41. The first-order chi connectivity index (χ1) is 16.5. The quantitative estimate of drug-likeness (QED) is 0.592. The molecule has 2 aromatic heterocycles. The van der Waals surface area contributed by atoms with Crippen molar-refractivity contribution in [3.8, 4) is 11.6 Å². The molecule has 2 aliphatic rings. The zero-order valence-corrected chi connectivity index (χ0v) is 18.7. The van der Waals surface area contributed by atoms with E-state index in [9.17, 15) is 13.6 Å². The van der Waals surface area contributed by atoms with Gasteiger partial charge in [-0.25, -0.2) is 23.4 Å². The Morgan fingerprint density at radius 1 is 1.12 bits per heavy atom. The fourth-order valence-corrected chi connectivity index (χ4v) is 4.29. The predicted molar refractivity (Wildman–Crippen MR) is 120 cm³/mol. The number of rotatable bonds is 6. The summed E-state index contributed by atoms with van der Waals surface area (Å²) in [5.41, 5.74) is 2.33. The highest BCUT2D eigenvalue weighted by Gasteiger charge is 2.35. The molecule has 1 atom stereocenters. The van der Waals surface area contributed by atoms with E-state index >= 15 is 0 Å². The van der Waals surface area contributed by atoms with Crippen LogP contribution < -0.4 is 15.0 Å². The number of aromatic nitrogens is 4. The molecule has 0 spiro atoms. The monoisotopic (exact) mass is 469 g/mol. The third-order valence-electron chi connectivity index (χ3n) is 6.25. The number of fused-ring (bicyclic) bond motifs is 1. The maximum Gasteiger partial charge on any atom is 0.263 e. The summed E-state index contributed by atoms with van der Waals surface area (Å²) < 4.78 is 33.2. The standard InChI is InChI=1S/C23H25F2N7O2/c1-15-10-29-32(17-4-2-16(3-5-17)22(24)25)19(15)14-34-21-12-27-20(11-28-21)31-9-8-30-7-6-26-23(33)18(30)13-31/h2-5,10-12,18,22H,6-9,13-14H2,1H3,(H,26,33)/t18-/m0/s1. The average molecular weight is 469 g/mol. The molecule has 0 unspecified atom stereocenters. The van der Waals surface area contributed by atoms with Crippen molar-refractivity contribution in [2.45, 2.75) is 26.0 Å². The van der Waals surface area contributed by atoms with Gasteiger partial charge in [-0.15, -0.1) is 0 Å². The van der Waals surface area contributed by atoms with E-state index in [0.29, 0.717) is 30.5 Å². The molecule has 178 valence electrons. The van der Waals surface area contributed by atoms with E-state index in [-0.39, 0.29) is 24.1 Å². The van der Waals surface area contributed by atoms with Crippen molar-refractivity contribution in [1.29, 1.82) is 0 Å². The van der Waals surface area contributed by atoms with Crippen molar-refractivity contribution in [1.82, 2.24) is 30.0 Å². The Balaban J connectivity index is 1.24. The average Bonchev–Trinajstić information content (AvgIpc) is 3.23. The highest BCUT2D eigenvalue weighted by molar-refractivity contribution is 5.83. The van der Waals surface area contributed by atoms with E-state index in [4.69, 9.17) is 4.74 Å². The third kappa shape index (κ3) is 4.43. The molecule has 4 heterocycles. The number of halogens is 2. The molecule has 1 N–H and O–H groups in total. The molecule has 11 heteroatoms. The summed E-state index contributed by atoms with van der Waals surface area (Å²) in [6.45, 7) is 5.82. The molecule has 1 aromatic carbocycles. The van der Waals surface area contributed by atoms with Crippen LogP contribution in [0, 0.1) is 6.92 Å². The fourth-order valence-electron chi connectivity index (χ4n) is 4.29. The van der Waals surface area contributed by atoms with Crippen molar-refractivity contribution >= 4 is 11.7 Å². The van der Waals surface area contributed by atoms with Crippen molar-refractivity contribution in [3.05, 3.63) is 59.7 Å². The van der Waals surface area contributed by atoms with E-state index in [1.165, 1.54) is 12.1 Å². The maximum atomic E-state index is 12.9. The largest absolute Gasteiger partial charge is 0.470 e. The van der Waals surface area contributed by atoms with Crippen LogP contribution in [0.4, 0.5) is 14.6 Å². The number of amides is 1. The number of aryl methyl sites for hydroxylation is 1. The Morgan fingerprint density at radius 3 is 2.68 bits per heavy atom. The zero-order valence-electron chi connectivity index (χ0n) is 18.7. The van der Waals surface area contributed by atoms with Gasteiger partial charge in [0.2, 0.25) is 11.8 Å². The third-order valence-corrected chi connectivity index (χ3v) is 6.25. The van der Waals surface area contributed by atoms with Gasteiger partial charge in [0.1, 0.15) is 18.5 Å². The number of benzene rings is 1. The molecule has 2 aliphatic heterocycles. The Bertz CT molecular complexity index is 1150. The number of nitrogens with zero attached hydrogens (tertiary/aromatic N) is 6. The maximum absolute atomic E-state index is 12.9. The topological polar surface area (TPSA) is 88.4 Å². The first-order valence-corrected chi connectivity index (χ1v) is 11.1. The number of alkyl halides is 2. The number of anilines is 1. The van der Waals surface area contributed by atoms with E-state index in [2.05, 4.69) is 30.2 Å². The van der Waals surface area contributed by atoms with Crippen LogP contribution in [0.1, 0.15) is 23.2 Å². The molecule has 0 radical (unpaired) electrons. The van der Waals surface area contributed by atoms with Crippen molar-refractivity contribution in [2.24, 2.45) is 0 Å². The summed E-state index contributed by atoms with van der Waals surface area (Å²) in [4.78, 5) is 25.3. The number of piperazine rings is 2. The van der Waals surface area contributed by atoms with Gasteiger partial charge in [-0.05, 0) is 24.6 Å². The molecule has 5 rings (SSSR count). The number of carbonyl (C=O) groups is 1. The second-order valence-corrected chi connectivity index (χ2v) is 8.37. The Hall–Kier alpha value is -3.60. The van der Waals surface area contributed by atoms with Crippen molar-refractivity contribution in [3.63, 3.8) is 0 Å². The molecule has 1 amide bonds. The summed E-state index contributed by atoms with van der Waals surface area (Å²) in [7, 11) is 0. The Kier molecular flexibility index (Phi) is 6.10. The molecular weight excluding hydrogens is 444 g/mol. The second-order valence-electron chi connectivity index (χ2n) is 8.37. The van der Waals surface area contributed by atoms with Crippen LogP contribution in [-0.4, -0.2) is 69.3 Å². The van der Waals surface area contributed by atoms with E-state index in [1.807, 2.05) is 6.92 Å². The number of nitrogens with one attached hydrogen (secondary N) is 1. The minimum atomic E-state index is -2.51. The van der Waals surface area contributed by atoms with E-state index in [0.717, 1.165) is 30.9 Å². The molecule has 3 aromatic rings. The molecule has 9 nitrogen and oxygen atoms in total. The number of hydrogen-bond donors (Lipinski definition) is 1. The predicted octanol–water partition coefficient (Wildman–Crippen LogP) is 2.11. The lowest BCUT2D eigenvalue weighted by Crippen LogP contribution is -2.64. The van der Waals surface area contributed by atoms with Gasteiger partial charge in [0.15, 0.2) is 0 Å². The van der Waals surface area contributed by atoms with Crippen LogP contribution in [0.2, 0.25) is 0 Å². The van der Waals surface area contributed by atoms with Gasteiger partial charge >= 0.3 is 0 Å². The fraction of sp³-hybridized carbons (Fsp3) is 0.391. The summed E-state index contributed by atoms with van der Waals surface area (Å²) in [6, 6.07) is 5.83. The van der Waals surface area contributed by atoms with Crippen molar-refractivity contribution < 1.29 is 18.3 Å². The van der Waals surface area contributed by atoms with E-state index < -0.39 is 6.43 Å². The lowest BCUT2D eigenvalue weighted by Gasteiger charge is -2.43. The zero-order chi connectivity index (χ0) is 23.7. The van der Waals surface area contributed by atoms with Gasteiger partial charge in [-0.2, -0.15) is 5.10 Å². The summed E-state index contributed by atoms with van der Waals surface area (Å²) in [5, 5.41) is 7.27. The first-order valence-electron chi connectivity index (χ1n) is 11.1.